The molecule has 52 valence electrons. The number of halogens is 2. The van der Waals surface area contributed by atoms with E-state index in [1.807, 2.05) is 0 Å². The molecule has 0 amide bonds. The third-order valence-corrected chi connectivity index (χ3v) is 1.81. The first-order valence-electron chi connectivity index (χ1n) is 2.66. The van der Waals surface area contributed by atoms with Gasteiger partial charge in [0.05, 0.1) is 0 Å². The molecule has 2 nitrogen and oxygen atoms in total. The Morgan fingerprint density at radius 3 is 2.70 bits per heavy atom. The second-order valence-electron chi connectivity index (χ2n) is 1.79. The lowest BCUT2D eigenvalue weighted by atomic mass is 10.1. The maximum absolute atomic E-state index is 8.38. The van der Waals surface area contributed by atoms with E-state index < -0.39 is 5.38 Å². The van der Waals surface area contributed by atoms with E-state index in [0.717, 1.165) is 0 Å². The maximum Gasteiger partial charge on any atom is 0.331 e. The van der Waals surface area contributed by atoms with Crippen molar-refractivity contribution in [3.05, 3.63) is 28.8 Å². The molecule has 0 aromatic rings. The van der Waals surface area contributed by atoms with Gasteiger partial charge in [0.2, 0.25) is 0 Å². The van der Waals surface area contributed by atoms with Crippen LogP contribution in [0, 0.1) is 0 Å². The predicted octanol–water partition coefficient (Wildman–Crippen LogP) is 1.96. The van der Waals surface area contributed by atoms with Gasteiger partial charge in [0.25, 0.3) is 0 Å². The first kappa shape index (κ1) is 7.55. The van der Waals surface area contributed by atoms with E-state index in [9.17, 15) is 0 Å². The Labute approximate surface area is 68.4 Å². The fourth-order valence-corrected chi connectivity index (χ4v) is 1.18. The standard InChI is InChI=1S/C6H4Cl2N2/c7-4-2-1-3-5(8)6(4)10-9/h1-4H. The van der Waals surface area contributed by atoms with Gasteiger partial charge in [-0.15, -0.1) is 11.6 Å². The summed E-state index contributed by atoms with van der Waals surface area (Å²) >= 11 is 11.3. The Morgan fingerprint density at radius 1 is 1.60 bits per heavy atom. The molecule has 1 aliphatic rings. The van der Waals surface area contributed by atoms with Crippen LogP contribution in [0.15, 0.2) is 23.3 Å². The number of rotatable bonds is 0. The Balaban J connectivity index is 3.04. The monoisotopic (exact) mass is 174 g/mol. The van der Waals surface area contributed by atoms with Gasteiger partial charge in [-0.2, -0.15) is 4.79 Å². The Morgan fingerprint density at radius 2 is 2.30 bits per heavy atom. The lowest BCUT2D eigenvalue weighted by Crippen LogP contribution is -2.15. The normalized spacial score (nSPS) is 24.0. The molecule has 0 saturated carbocycles. The molecule has 1 aliphatic carbocycles. The Kier molecular flexibility index (Phi) is 2.28. The highest BCUT2D eigenvalue weighted by atomic mass is 35.5. The Bertz CT molecular complexity index is 248. The van der Waals surface area contributed by atoms with Crippen molar-refractivity contribution in [3.8, 4) is 0 Å². The molecule has 1 atom stereocenters. The van der Waals surface area contributed by atoms with Gasteiger partial charge >= 0.3 is 5.71 Å². The second-order valence-corrected chi connectivity index (χ2v) is 2.66. The lowest BCUT2D eigenvalue weighted by Gasteiger charge is -2.00. The fourth-order valence-electron chi connectivity index (χ4n) is 0.649. The van der Waals surface area contributed by atoms with Crippen molar-refractivity contribution in [3.63, 3.8) is 0 Å². The summed E-state index contributed by atoms with van der Waals surface area (Å²) in [7, 11) is 0. The van der Waals surface area contributed by atoms with E-state index in [0.29, 0.717) is 10.7 Å². The van der Waals surface area contributed by atoms with Crippen molar-refractivity contribution >= 4 is 28.9 Å². The average Bonchev–Trinajstić information content (AvgIpc) is 1.88. The third-order valence-electron chi connectivity index (χ3n) is 1.14. The molecule has 0 N–H and O–H groups in total. The summed E-state index contributed by atoms with van der Waals surface area (Å²) in [6.07, 6.45) is 5.02. The highest BCUT2D eigenvalue weighted by Gasteiger charge is 2.23. The topological polar surface area (TPSA) is 36.4 Å². The first-order valence-corrected chi connectivity index (χ1v) is 3.47. The van der Waals surface area contributed by atoms with E-state index in [1.165, 1.54) is 0 Å². The van der Waals surface area contributed by atoms with Crippen LogP contribution < -0.4 is 0 Å². The fraction of sp³-hybridized carbons (Fsp3) is 0.167. The van der Waals surface area contributed by atoms with Crippen LogP contribution in [0.1, 0.15) is 0 Å². The van der Waals surface area contributed by atoms with Crippen molar-refractivity contribution in [2.45, 2.75) is 5.38 Å². The molecule has 0 aromatic heterocycles. The molecule has 0 radical (unpaired) electrons. The van der Waals surface area contributed by atoms with E-state index in [-0.39, 0.29) is 0 Å². The minimum absolute atomic E-state index is 0.297. The minimum Gasteiger partial charge on any atom is -0.361 e. The van der Waals surface area contributed by atoms with Crippen molar-refractivity contribution < 1.29 is 4.79 Å². The molecule has 10 heavy (non-hydrogen) atoms. The van der Waals surface area contributed by atoms with E-state index in [4.69, 9.17) is 28.7 Å². The van der Waals surface area contributed by atoms with Crippen molar-refractivity contribution in [1.29, 1.82) is 0 Å². The van der Waals surface area contributed by atoms with Crippen LogP contribution >= 0.6 is 23.2 Å². The first-order chi connectivity index (χ1) is 4.75. The Hall–Kier alpha value is -0.560. The smallest absolute Gasteiger partial charge is 0.331 e. The summed E-state index contributed by atoms with van der Waals surface area (Å²) < 4.78 is 0. The van der Waals surface area contributed by atoms with Gasteiger partial charge in [0, 0.05) is 0 Å². The molecule has 1 rings (SSSR count). The third kappa shape index (κ3) is 1.29. The zero-order chi connectivity index (χ0) is 7.56. The van der Waals surface area contributed by atoms with Crippen molar-refractivity contribution in [2.24, 2.45) is 0 Å². The molecule has 0 aromatic carbocycles. The van der Waals surface area contributed by atoms with Crippen molar-refractivity contribution in [1.82, 2.24) is 0 Å². The van der Waals surface area contributed by atoms with Crippen molar-refractivity contribution in [2.75, 3.05) is 0 Å². The molecule has 4 heteroatoms. The molecular formula is C6H4Cl2N2. The molecule has 0 spiro atoms. The molecule has 0 fully saturated rings. The van der Waals surface area contributed by atoms with Gasteiger partial charge < -0.3 is 5.53 Å². The highest BCUT2D eigenvalue weighted by Crippen LogP contribution is 2.15. The summed E-state index contributed by atoms with van der Waals surface area (Å²) in [5, 5.41) is -0.0347. The number of hydrogen-bond donors (Lipinski definition) is 0. The van der Waals surface area contributed by atoms with Crippen LogP contribution in [0.3, 0.4) is 0 Å². The number of hydrogen-bond acceptors (Lipinski definition) is 0. The van der Waals surface area contributed by atoms with E-state index >= 15 is 0 Å². The average molecular weight is 175 g/mol. The van der Waals surface area contributed by atoms with Crippen LogP contribution in [-0.2, 0) is 0 Å². The molecule has 0 saturated heterocycles. The largest absolute Gasteiger partial charge is 0.361 e. The van der Waals surface area contributed by atoms with Crippen LogP contribution in [0.4, 0.5) is 0 Å². The van der Waals surface area contributed by atoms with E-state index in [1.54, 1.807) is 18.2 Å². The van der Waals surface area contributed by atoms with Gasteiger partial charge in [-0.3, -0.25) is 0 Å². The van der Waals surface area contributed by atoms with Gasteiger partial charge in [-0.25, -0.2) is 0 Å². The highest BCUT2D eigenvalue weighted by molar-refractivity contribution is 6.49. The van der Waals surface area contributed by atoms with Gasteiger partial charge in [-0.05, 0) is 6.08 Å². The van der Waals surface area contributed by atoms with E-state index in [2.05, 4.69) is 4.79 Å². The molecule has 0 aliphatic heterocycles. The molecular weight excluding hydrogens is 171 g/mol. The second kappa shape index (κ2) is 3.02. The zero-order valence-electron chi connectivity index (χ0n) is 4.96. The minimum atomic E-state index is -0.414. The quantitative estimate of drug-likeness (QED) is 0.306. The summed E-state index contributed by atoms with van der Waals surface area (Å²) in [6, 6.07) is 0. The summed E-state index contributed by atoms with van der Waals surface area (Å²) in [6.45, 7) is 0. The predicted molar refractivity (Wildman–Crippen MR) is 41.3 cm³/mol. The van der Waals surface area contributed by atoms with Crippen LogP contribution in [0.2, 0.25) is 0 Å². The molecule has 0 heterocycles. The van der Waals surface area contributed by atoms with Crippen LogP contribution in [0.25, 0.3) is 5.53 Å². The van der Waals surface area contributed by atoms with Gasteiger partial charge in [0.15, 0.2) is 5.38 Å². The SMILES string of the molecule is [N-]=[N+]=C1C(Cl)=CC=CC1Cl. The number of alkyl halides is 1. The molecule has 0 bridgehead atoms. The number of nitrogens with zero attached hydrogens (tertiary/aromatic N) is 2. The maximum atomic E-state index is 8.38. The van der Waals surface area contributed by atoms with Gasteiger partial charge in [0.1, 0.15) is 5.03 Å². The number of allylic oxidation sites excluding steroid dienone is 4. The van der Waals surface area contributed by atoms with Crippen LogP contribution in [-0.4, -0.2) is 15.9 Å². The zero-order valence-corrected chi connectivity index (χ0v) is 6.47. The summed E-state index contributed by atoms with van der Waals surface area (Å²) in [5.74, 6) is 0. The lowest BCUT2D eigenvalue weighted by molar-refractivity contribution is -0.00551. The summed E-state index contributed by atoms with van der Waals surface area (Å²) in [5.41, 5.74) is 8.67. The van der Waals surface area contributed by atoms with Crippen LogP contribution in [0.5, 0.6) is 0 Å². The molecule has 1 unspecified atom stereocenters. The summed E-state index contributed by atoms with van der Waals surface area (Å²) in [4.78, 5) is 2.94. The van der Waals surface area contributed by atoms with Gasteiger partial charge in [-0.1, -0.05) is 23.8 Å².